The molecular weight excluding hydrogens is 214 g/mol. The van der Waals surface area contributed by atoms with Crippen molar-refractivity contribution in [3.8, 4) is 11.5 Å². The highest BCUT2D eigenvalue weighted by molar-refractivity contribution is 5.53. The molecule has 0 atom stereocenters. The van der Waals surface area contributed by atoms with Crippen LogP contribution in [-0.2, 0) is 5.41 Å². The van der Waals surface area contributed by atoms with E-state index in [2.05, 4.69) is 0 Å². The zero-order chi connectivity index (χ0) is 12.5. The van der Waals surface area contributed by atoms with E-state index in [1.807, 2.05) is 19.1 Å². The lowest BCUT2D eigenvalue weighted by Gasteiger charge is -2.30. The summed E-state index contributed by atoms with van der Waals surface area (Å²) in [4.78, 5) is 0. The third-order valence-corrected chi connectivity index (χ3v) is 4.05. The molecule has 1 aliphatic rings. The molecule has 1 aromatic carbocycles. The monoisotopic (exact) mass is 235 g/mol. The van der Waals surface area contributed by atoms with Crippen LogP contribution in [-0.4, -0.2) is 18.8 Å². The fourth-order valence-corrected chi connectivity index (χ4v) is 3.12. The third-order valence-electron chi connectivity index (χ3n) is 4.05. The van der Waals surface area contributed by atoms with Crippen LogP contribution in [0.1, 0.15) is 36.8 Å². The van der Waals surface area contributed by atoms with Gasteiger partial charge in [0.25, 0.3) is 0 Å². The first-order valence-electron chi connectivity index (χ1n) is 6.22. The number of aryl methyl sites for hydroxylation is 1. The zero-order valence-electron chi connectivity index (χ0n) is 10.6. The largest absolute Gasteiger partial charge is 0.504 e. The number of methoxy groups -OCH3 is 1. The van der Waals surface area contributed by atoms with Crippen molar-refractivity contribution in [2.75, 3.05) is 13.7 Å². The summed E-state index contributed by atoms with van der Waals surface area (Å²) in [6.07, 6.45) is 4.50. The molecule has 0 saturated heterocycles. The maximum absolute atomic E-state index is 10.3. The second kappa shape index (κ2) is 4.57. The van der Waals surface area contributed by atoms with Crippen molar-refractivity contribution in [2.45, 2.75) is 38.0 Å². The fourth-order valence-electron chi connectivity index (χ4n) is 3.12. The van der Waals surface area contributed by atoms with E-state index < -0.39 is 0 Å². The van der Waals surface area contributed by atoms with E-state index in [4.69, 9.17) is 10.5 Å². The van der Waals surface area contributed by atoms with Gasteiger partial charge in [-0.2, -0.15) is 0 Å². The molecule has 2 rings (SSSR count). The molecule has 1 aliphatic carbocycles. The number of hydrogen-bond donors (Lipinski definition) is 2. The van der Waals surface area contributed by atoms with Gasteiger partial charge in [-0.3, -0.25) is 0 Å². The summed E-state index contributed by atoms with van der Waals surface area (Å²) < 4.78 is 5.20. The summed E-state index contributed by atoms with van der Waals surface area (Å²) in [5, 5.41) is 10.3. The van der Waals surface area contributed by atoms with E-state index in [9.17, 15) is 5.11 Å². The average molecular weight is 235 g/mol. The Morgan fingerprint density at radius 1 is 1.35 bits per heavy atom. The lowest BCUT2D eigenvalue weighted by Crippen LogP contribution is -2.33. The Morgan fingerprint density at radius 3 is 2.53 bits per heavy atom. The number of ether oxygens (including phenoxy) is 1. The number of rotatable bonds is 3. The molecule has 0 spiro atoms. The number of benzene rings is 1. The van der Waals surface area contributed by atoms with E-state index in [0.717, 1.165) is 24.0 Å². The first-order valence-corrected chi connectivity index (χ1v) is 6.22. The molecule has 3 heteroatoms. The van der Waals surface area contributed by atoms with Crippen molar-refractivity contribution < 1.29 is 9.84 Å². The summed E-state index contributed by atoms with van der Waals surface area (Å²) in [5.74, 6) is 0.824. The van der Waals surface area contributed by atoms with Crippen LogP contribution in [0.15, 0.2) is 12.1 Å². The highest BCUT2D eigenvalue weighted by atomic mass is 16.5. The minimum absolute atomic E-state index is 0.0529. The van der Waals surface area contributed by atoms with Crippen molar-refractivity contribution in [3.63, 3.8) is 0 Å². The first-order chi connectivity index (χ1) is 8.14. The molecule has 0 radical (unpaired) electrons. The SMILES string of the molecule is COc1ccc(C)c(C2(CN)CCCC2)c1O. The number of nitrogens with two attached hydrogens (primary N) is 1. The predicted molar refractivity (Wildman–Crippen MR) is 68.6 cm³/mol. The van der Waals surface area contributed by atoms with Crippen LogP contribution in [0.2, 0.25) is 0 Å². The number of aromatic hydroxyl groups is 1. The molecule has 0 unspecified atom stereocenters. The second-order valence-corrected chi connectivity index (χ2v) is 5.00. The molecule has 17 heavy (non-hydrogen) atoms. The highest BCUT2D eigenvalue weighted by Gasteiger charge is 2.38. The molecule has 0 amide bonds. The number of phenolic OH excluding ortho intramolecular Hbond substituents is 1. The maximum Gasteiger partial charge on any atom is 0.161 e. The van der Waals surface area contributed by atoms with Crippen molar-refractivity contribution in [1.29, 1.82) is 0 Å². The number of hydrogen-bond acceptors (Lipinski definition) is 3. The van der Waals surface area contributed by atoms with Crippen molar-refractivity contribution in [3.05, 3.63) is 23.3 Å². The van der Waals surface area contributed by atoms with Crippen molar-refractivity contribution >= 4 is 0 Å². The quantitative estimate of drug-likeness (QED) is 0.846. The summed E-state index contributed by atoms with van der Waals surface area (Å²) in [6.45, 7) is 2.62. The van der Waals surface area contributed by atoms with Gasteiger partial charge in [0.2, 0.25) is 0 Å². The Balaban J connectivity index is 2.56. The molecule has 0 aliphatic heterocycles. The summed E-state index contributed by atoms with van der Waals surface area (Å²) in [5.41, 5.74) is 8.03. The Bertz CT molecular complexity index is 409. The van der Waals surface area contributed by atoms with Gasteiger partial charge in [0, 0.05) is 17.5 Å². The van der Waals surface area contributed by atoms with Gasteiger partial charge in [-0.1, -0.05) is 18.9 Å². The third kappa shape index (κ3) is 1.89. The molecule has 1 fully saturated rings. The van der Waals surface area contributed by atoms with Gasteiger partial charge in [-0.15, -0.1) is 0 Å². The van der Waals surface area contributed by atoms with E-state index >= 15 is 0 Å². The lowest BCUT2D eigenvalue weighted by molar-refractivity contribution is 0.353. The normalized spacial score (nSPS) is 18.3. The van der Waals surface area contributed by atoms with Crippen LogP contribution in [0.4, 0.5) is 0 Å². The molecule has 3 nitrogen and oxygen atoms in total. The van der Waals surface area contributed by atoms with Crippen LogP contribution >= 0.6 is 0 Å². The Morgan fingerprint density at radius 2 is 2.00 bits per heavy atom. The van der Waals surface area contributed by atoms with E-state index in [-0.39, 0.29) is 11.2 Å². The minimum Gasteiger partial charge on any atom is -0.504 e. The highest BCUT2D eigenvalue weighted by Crippen LogP contribution is 2.47. The molecule has 0 heterocycles. The zero-order valence-corrected chi connectivity index (χ0v) is 10.6. The maximum atomic E-state index is 10.3. The van der Waals surface area contributed by atoms with E-state index in [0.29, 0.717) is 12.3 Å². The fraction of sp³-hybridized carbons (Fsp3) is 0.571. The van der Waals surface area contributed by atoms with Crippen molar-refractivity contribution in [1.82, 2.24) is 0 Å². The predicted octanol–water partition coefficient (Wildman–Crippen LogP) is 2.48. The van der Waals surface area contributed by atoms with E-state index in [1.54, 1.807) is 7.11 Å². The molecule has 3 N–H and O–H groups in total. The van der Waals surface area contributed by atoms with Crippen LogP contribution in [0.3, 0.4) is 0 Å². The standard InChI is InChI=1S/C14H21NO2/c1-10-5-6-11(17-2)13(16)12(10)14(9-15)7-3-4-8-14/h5-6,16H,3-4,7-9,15H2,1-2H3. The molecular formula is C14H21NO2. The molecule has 1 aromatic rings. The summed E-state index contributed by atoms with van der Waals surface area (Å²) >= 11 is 0. The molecule has 1 saturated carbocycles. The van der Waals surface area contributed by atoms with Crippen LogP contribution in [0.25, 0.3) is 0 Å². The van der Waals surface area contributed by atoms with Gasteiger partial charge < -0.3 is 15.6 Å². The number of phenols is 1. The molecule has 0 bridgehead atoms. The topological polar surface area (TPSA) is 55.5 Å². The van der Waals surface area contributed by atoms with Gasteiger partial charge in [0.05, 0.1) is 7.11 Å². The van der Waals surface area contributed by atoms with Crippen LogP contribution in [0.5, 0.6) is 11.5 Å². The Kier molecular flexibility index (Phi) is 3.29. The lowest BCUT2D eigenvalue weighted by atomic mass is 9.76. The first kappa shape index (κ1) is 12.2. The van der Waals surface area contributed by atoms with Gasteiger partial charge in [-0.05, 0) is 31.4 Å². The van der Waals surface area contributed by atoms with E-state index in [1.165, 1.54) is 12.8 Å². The Hall–Kier alpha value is -1.22. The second-order valence-electron chi connectivity index (χ2n) is 5.00. The Labute approximate surface area is 103 Å². The smallest absolute Gasteiger partial charge is 0.161 e. The van der Waals surface area contributed by atoms with Crippen LogP contribution in [0, 0.1) is 6.92 Å². The average Bonchev–Trinajstić information content (AvgIpc) is 2.79. The molecule has 94 valence electrons. The minimum atomic E-state index is -0.0529. The molecule has 0 aromatic heterocycles. The van der Waals surface area contributed by atoms with Gasteiger partial charge >= 0.3 is 0 Å². The van der Waals surface area contributed by atoms with Gasteiger partial charge in [0.1, 0.15) is 0 Å². The van der Waals surface area contributed by atoms with Gasteiger partial charge in [0.15, 0.2) is 11.5 Å². The van der Waals surface area contributed by atoms with Crippen LogP contribution < -0.4 is 10.5 Å². The summed E-state index contributed by atoms with van der Waals surface area (Å²) in [6, 6.07) is 3.82. The van der Waals surface area contributed by atoms with Gasteiger partial charge in [-0.25, -0.2) is 0 Å². The summed E-state index contributed by atoms with van der Waals surface area (Å²) in [7, 11) is 1.58. The van der Waals surface area contributed by atoms with Crippen molar-refractivity contribution in [2.24, 2.45) is 5.73 Å².